The number of hydrogen-bond acceptors (Lipinski definition) is 6. The predicted octanol–water partition coefficient (Wildman–Crippen LogP) is 2.89. The molecule has 1 aliphatic heterocycles. The number of carbonyl (C=O) groups is 1. The monoisotopic (exact) mass is 380 g/mol. The molecule has 0 unspecified atom stereocenters. The van der Waals surface area contributed by atoms with Gasteiger partial charge >= 0.3 is 0 Å². The average molecular weight is 380 g/mol. The molecule has 4 rings (SSSR count). The molecular weight excluding hydrogens is 363 g/mol. The summed E-state index contributed by atoms with van der Waals surface area (Å²) < 4.78 is 23.5. The molecule has 0 saturated carbocycles. The molecule has 1 amide bonds. The van der Waals surface area contributed by atoms with E-state index in [-0.39, 0.29) is 18.5 Å². The molecule has 2 aromatic carbocycles. The molecule has 28 heavy (non-hydrogen) atoms. The van der Waals surface area contributed by atoms with E-state index >= 15 is 0 Å². The molecule has 0 saturated heterocycles. The Hall–Kier alpha value is -3.68. The predicted molar refractivity (Wildman–Crippen MR) is 99.5 cm³/mol. The highest BCUT2D eigenvalue weighted by molar-refractivity contribution is 5.93. The molecule has 7 nitrogen and oxygen atoms in total. The van der Waals surface area contributed by atoms with Gasteiger partial charge in [-0.3, -0.25) is 4.79 Å². The van der Waals surface area contributed by atoms with Gasteiger partial charge in [0, 0.05) is 25.5 Å². The molecule has 0 bridgehead atoms. The molecule has 0 atom stereocenters. The maximum Gasteiger partial charge on any atom is 0.254 e. The van der Waals surface area contributed by atoms with Gasteiger partial charge in [-0.15, -0.1) is 0 Å². The maximum atomic E-state index is 12.9. The first-order valence-electron chi connectivity index (χ1n) is 8.64. The molecule has 0 spiro atoms. The van der Waals surface area contributed by atoms with Crippen LogP contribution in [0.15, 0.2) is 54.9 Å². The van der Waals surface area contributed by atoms with Crippen LogP contribution in [0.25, 0.3) is 0 Å². The summed E-state index contributed by atoms with van der Waals surface area (Å²) in [5.74, 6) is 1.20. The highest BCUT2D eigenvalue weighted by Gasteiger charge is 2.14. The van der Waals surface area contributed by atoms with E-state index in [1.165, 1.54) is 24.5 Å². The van der Waals surface area contributed by atoms with Gasteiger partial charge in [0.15, 0.2) is 11.5 Å². The van der Waals surface area contributed by atoms with Gasteiger partial charge in [-0.25, -0.2) is 14.4 Å². The Bertz CT molecular complexity index is 978. The van der Waals surface area contributed by atoms with Crippen LogP contribution in [0.3, 0.4) is 0 Å². The quantitative estimate of drug-likeness (QED) is 0.684. The number of hydrogen-bond donors (Lipinski definition) is 2. The van der Waals surface area contributed by atoms with Crippen molar-refractivity contribution in [3.8, 4) is 11.5 Å². The molecule has 142 valence electrons. The van der Waals surface area contributed by atoms with Crippen molar-refractivity contribution in [3.05, 3.63) is 77.4 Å². The molecule has 3 aromatic rings. The Kier molecular flexibility index (Phi) is 5.01. The van der Waals surface area contributed by atoms with Gasteiger partial charge in [0.05, 0.1) is 5.56 Å². The summed E-state index contributed by atoms with van der Waals surface area (Å²) in [6.45, 7) is 1.01. The van der Waals surface area contributed by atoms with E-state index in [2.05, 4.69) is 20.6 Å². The van der Waals surface area contributed by atoms with Crippen LogP contribution < -0.4 is 20.1 Å². The van der Waals surface area contributed by atoms with Crippen molar-refractivity contribution >= 4 is 11.9 Å². The molecule has 0 aliphatic carbocycles. The van der Waals surface area contributed by atoms with Crippen LogP contribution >= 0.6 is 0 Å². The summed E-state index contributed by atoms with van der Waals surface area (Å²) in [5, 5.41) is 5.84. The lowest BCUT2D eigenvalue weighted by Gasteiger charge is -2.07. The minimum absolute atomic E-state index is 0.212. The van der Waals surface area contributed by atoms with E-state index in [0.717, 1.165) is 11.1 Å². The molecule has 1 aromatic heterocycles. The number of fused-ring (bicyclic) bond motifs is 1. The number of benzene rings is 2. The normalized spacial score (nSPS) is 11.9. The van der Waals surface area contributed by atoms with Crippen LogP contribution in [-0.2, 0) is 13.1 Å². The van der Waals surface area contributed by atoms with Gasteiger partial charge in [0.25, 0.3) is 5.91 Å². The number of halogens is 1. The highest BCUT2D eigenvalue weighted by Crippen LogP contribution is 2.32. The smallest absolute Gasteiger partial charge is 0.254 e. The summed E-state index contributed by atoms with van der Waals surface area (Å²) >= 11 is 0. The van der Waals surface area contributed by atoms with Crippen LogP contribution in [0.4, 0.5) is 10.3 Å². The number of rotatable bonds is 6. The number of amides is 1. The number of anilines is 1. The molecule has 0 fully saturated rings. The first kappa shape index (κ1) is 17.7. The molecule has 2 heterocycles. The third-order valence-electron chi connectivity index (χ3n) is 4.17. The SMILES string of the molecule is O=C(NCc1ccc2c(c1)OCO2)c1cnc(NCc2ccc(F)cc2)nc1. The van der Waals surface area contributed by atoms with E-state index in [4.69, 9.17) is 9.47 Å². The van der Waals surface area contributed by atoms with Crippen molar-refractivity contribution in [2.45, 2.75) is 13.1 Å². The summed E-state index contributed by atoms with van der Waals surface area (Å²) in [7, 11) is 0. The summed E-state index contributed by atoms with van der Waals surface area (Å²) in [6.07, 6.45) is 2.91. The van der Waals surface area contributed by atoms with Crippen LogP contribution in [0.1, 0.15) is 21.5 Å². The number of nitrogens with one attached hydrogen (secondary N) is 2. The minimum atomic E-state index is -0.281. The van der Waals surface area contributed by atoms with Gasteiger partial charge in [0.2, 0.25) is 12.7 Å². The van der Waals surface area contributed by atoms with Crippen molar-refractivity contribution in [1.82, 2.24) is 15.3 Å². The molecule has 8 heteroatoms. The lowest BCUT2D eigenvalue weighted by molar-refractivity contribution is 0.0950. The largest absolute Gasteiger partial charge is 0.454 e. The average Bonchev–Trinajstić information content (AvgIpc) is 3.20. The zero-order valence-corrected chi connectivity index (χ0v) is 14.8. The summed E-state index contributed by atoms with van der Waals surface area (Å²) in [5.41, 5.74) is 2.15. The third-order valence-corrected chi connectivity index (χ3v) is 4.17. The number of aromatic nitrogens is 2. The topological polar surface area (TPSA) is 85.4 Å². The van der Waals surface area contributed by atoms with Gasteiger partial charge in [-0.1, -0.05) is 18.2 Å². The van der Waals surface area contributed by atoms with E-state index in [1.807, 2.05) is 18.2 Å². The Morgan fingerprint density at radius 1 is 0.964 bits per heavy atom. The molecule has 1 aliphatic rings. The Morgan fingerprint density at radius 3 is 2.46 bits per heavy atom. The number of ether oxygens (including phenoxy) is 2. The van der Waals surface area contributed by atoms with Crippen molar-refractivity contribution in [1.29, 1.82) is 0 Å². The van der Waals surface area contributed by atoms with Crippen LogP contribution in [-0.4, -0.2) is 22.7 Å². The minimum Gasteiger partial charge on any atom is -0.454 e. The van der Waals surface area contributed by atoms with Gasteiger partial charge in [0.1, 0.15) is 5.82 Å². The molecule has 2 N–H and O–H groups in total. The Balaban J connectivity index is 1.30. The zero-order chi connectivity index (χ0) is 19.3. The van der Waals surface area contributed by atoms with Gasteiger partial charge < -0.3 is 20.1 Å². The van der Waals surface area contributed by atoms with Crippen molar-refractivity contribution in [3.63, 3.8) is 0 Å². The van der Waals surface area contributed by atoms with Crippen LogP contribution in [0, 0.1) is 5.82 Å². The van der Waals surface area contributed by atoms with Gasteiger partial charge in [-0.05, 0) is 35.4 Å². The fourth-order valence-electron chi connectivity index (χ4n) is 2.66. The molecular formula is C20H17FN4O3. The standard InChI is InChI=1S/C20H17FN4O3/c21-16-4-1-13(2-5-16)8-23-20-24-10-15(11-25-20)19(26)22-9-14-3-6-17-18(7-14)28-12-27-17/h1-7,10-11H,8-9,12H2,(H,22,26)(H,23,24,25). The fraction of sp³-hybridized carbons (Fsp3) is 0.150. The molecule has 0 radical (unpaired) electrons. The first-order valence-corrected chi connectivity index (χ1v) is 8.64. The van der Waals surface area contributed by atoms with E-state index in [1.54, 1.807) is 12.1 Å². The van der Waals surface area contributed by atoms with Crippen LogP contribution in [0.2, 0.25) is 0 Å². The fourth-order valence-corrected chi connectivity index (χ4v) is 2.66. The summed E-state index contributed by atoms with van der Waals surface area (Å²) in [4.78, 5) is 20.6. The zero-order valence-electron chi connectivity index (χ0n) is 14.8. The second kappa shape index (κ2) is 7.91. The van der Waals surface area contributed by atoms with Crippen LogP contribution in [0.5, 0.6) is 11.5 Å². The van der Waals surface area contributed by atoms with Crippen molar-refractivity contribution in [2.75, 3.05) is 12.1 Å². The van der Waals surface area contributed by atoms with E-state index < -0.39 is 0 Å². The van der Waals surface area contributed by atoms with E-state index in [0.29, 0.717) is 36.1 Å². The number of carbonyl (C=O) groups excluding carboxylic acids is 1. The van der Waals surface area contributed by atoms with Crippen molar-refractivity contribution < 1.29 is 18.7 Å². The first-order chi connectivity index (χ1) is 13.7. The highest BCUT2D eigenvalue weighted by atomic mass is 19.1. The Morgan fingerprint density at radius 2 is 1.68 bits per heavy atom. The number of nitrogens with zero attached hydrogens (tertiary/aromatic N) is 2. The lowest BCUT2D eigenvalue weighted by atomic mass is 10.2. The Labute approximate surface area is 160 Å². The van der Waals surface area contributed by atoms with Crippen molar-refractivity contribution in [2.24, 2.45) is 0 Å². The second-order valence-corrected chi connectivity index (χ2v) is 6.15. The van der Waals surface area contributed by atoms with Gasteiger partial charge in [-0.2, -0.15) is 0 Å². The van der Waals surface area contributed by atoms with E-state index in [9.17, 15) is 9.18 Å². The lowest BCUT2D eigenvalue weighted by Crippen LogP contribution is -2.23. The third kappa shape index (κ3) is 4.17. The maximum absolute atomic E-state index is 12.9. The second-order valence-electron chi connectivity index (χ2n) is 6.15. The summed E-state index contributed by atoms with van der Waals surface area (Å²) in [6, 6.07) is 11.7.